The van der Waals surface area contributed by atoms with Crippen LogP contribution < -0.4 is 0 Å². The molecule has 0 heterocycles. The van der Waals surface area contributed by atoms with Crippen molar-refractivity contribution in [2.24, 2.45) is 0 Å². The molecule has 0 aromatic carbocycles. The van der Waals surface area contributed by atoms with E-state index in [-0.39, 0.29) is 0 Å². The molecule has 0 aliphatic carbocycles. The molecule has 1 nitrogen and oxygen atoms in total. The number of hydrogen-bond acceptors (Lipinski definition) is 1. The molecule has 0 N–H and O–H groups in total. The highest BCUT2D eigenvalue weighted by atomic mass is 16.5. The Bertz CT molecular complexity index is 140. The summed E-state index contributed by atoms with van der Waals surface area (Å²) in [5, 5.41) is 0. The maximum atomic E-state index is 5.27. The Balaban J connectivity index is 2.88. The molecule has 0 spiro atoms. The molecule has 0 radical (unpaired) electrons. The summed E-state index contributed by atoms with van der Waals surface area (Å²) in [5.74, 6) is 0. The maximum absolute atomic E-state index is 5.27. The van der Waals surface area contributed by atoms with E-state index in [2.05, 4.69) is 6.92 Å². The van der Waals surface area contributed by atoms with Gasteiger partial charge in [0.05, 0.1) is 12.9 Å². The van der Waals surface area contributed by atoms with E-state index in [4.69, 9.17) is 4.74 Å². The Hall–Kier alpha value is -0.460. The van der Waals surface area contributed by atoms with Crippen molar-refractivity contribution in [1.82, 2.24) is 0 Å². The molecule has 0 amide bonds. The van der Waals surface area contributed by atoms with Crippen molar-refractivity contribution >= 4 is 0 Å². The molecule has 96 valence electrons. The van der Waals surface area contributed by atoms with Crippen LogP contribution in [0.5, 0.6) is 0 Å². The fourth-order valence-corrected chi connectivity index (χ4v) is 1.84. The van der Waals surface area contributed by atoms with E-state index >= 15 is 0 Å². The Morgan fingerprint density at radius 1 is 0.750 bits per heavy atom. The number of ether oxygens (including phenoxy) is 1. The van der Waals surface area contributed by atoms with Gasteiger partial charge in [-0.3, -0.25) is 0 Å². The van der Waals surface area contributed by atoms with E-state index in [1.54, 1.807) is 6.26 Å². The van der Waals surface area contributed by atoms with Crippen LogP contribution >= 0.6 is 0 Å². The summed E-state index contributed by atoms with van der Waals surface area (Å²) in [5.41, 5.74) is 0. The summed E-state index contributed by atoms with van der Waals surface area (Å²) in [7, 11) is 0. The minimum atomic E-state index is 0.890. The third-order valence-corrected chi connectivity index (χ3v) is 2.85. The van der Waals surface area contributed by atoms with Crippen LogP contribution in [0.25, 0.3) is 0 Å². The molecule has 0 atom stereocenters. The molecule has 0 aliphatic rings. The lowest BCUT2D eigenvalue weighted by atomic mass is 10.1. The SMILES string of the molecule is C/C=C\OCCCCCCCCCCCC. The molecule has 16 heavy (non-hydrogen) atoms. The molecule has 0 saturated carbocycles. The second-order valence-corrected chi connectivity index (χ2v) is 4.52. The van der Waals surface area contributed by atoms with E-state index in [1.165, 1.54) is 64.2 Å². The molecule has 0 aliphatic heterocycles. The van der Waals surface area contributed by atoms with Gasteiger partial charge in [0.1, 0.15) is 0 Å². The van der Waals surface area contributed by atoms with Crippen LogP contribution in [0.2, 0.25) is 0 Å². The monoisotopic (exact) mass is 226 g/mol. The van der Waals surface area contributed by atoms with Crippen LogP contribution in [0.1, 0.15) is 78.1 Å². The average molecular weight is 226 g/mol. The van der Waals surface area contributed by atoms with Crippen molar-refractivity contribution in [2.45, 2.75) is 78.1 Å². The fourth-order valence-electron chi connectivity index (χ4n) is 1.84. The highest BCUT2D eigenvalue weighted by Crippen LogP contribution is 2.10. The minimum absolute atomic E-state index is 0.890. The first-order valence-corrected chi connectivity index (χ1v) is 7.14. The third kappa shape index (κ3) is 13.5. The van der Waals surface area contributed by atoms with E-state index in [9.17, 15) is 0 Å². The largest absolute Gasteiger partial charge is 0.502 e. The summed E-state index contributed by atoms with van der Waals surface area (Å²) in [6, 6.07) is 0. The zero-order chi connectivity index (χ0) is 11.9. The van der Waals surface area contributed by atoms with Crippen molar-refractivity contribution in [3.63, 3.8) is 0 Å². The molecule has 0 saturated heterocycles. The number of unbranched alkanes of at least 4 members (excludes halogenated alkanes) is 9. The van der Waals surface area contributed by atoms with Gasteiger partial charge in [-0.2, -0.15) is 0 Å². The molecule has 0 unspecified atom stereocenters. The van der Waals surface area contributed by atoms with Crippen molar-refractivity contribution in [3.8, 4) is 0 Å². The van der Waals surface area contributed by atoms with Crippen molar-refractivity contribution < 1.29 is 4.74 Å². The molecular weight excluding hydrogens is 196 g/mol. The third-order valence-electron chi connectivity index (χ3n) is 2.85. The highest BCUT2D eigenvalue weighted by molar-refractivity contribution is 4.64. The van der Waals surface area contributed by atoms with Crippen LogP contribution in [0.15, 0.2) is 12.3 Å². The topological polar surface area (TPSA) is 9.23 Å². The van der Waals surface area contributed by atoms with E-state index in [1.807, 2.05) is 13.0 Å². The van der Waals surface area contributed by atoms with Gasteiger partial charge in [-0.25, -0.2) is 0 Å². The first-order valence-electron chi connectivity index (χ1n) is 7.14. The Kier molecular flexibility index (Phi) is 14.1. The second-order valence-electron chi connectivity index (χ2n) is 4.52. The second kappa shape index (κ2) is 14.5. The first kappa shape index (κ1) is 15.5. The quantitative estimate of drug-likeness (QED) is 0.317. The predicted molar refractivity (Wildman–Crippen MR) is 72.6 cm³/mol. The van der Waals surface area contributed by atoms with Crippen molar-refractivity contribution in [1.29, 1.82) is 0 Å². The number of rotatable bonds is 12. The van der Waals surface area contributed by atoms with Crippen molar-refractivity contribution in [2.75, 3.05) is 6.61 Å². The van der Waals surface area contributed by atoms with Gasteiger partial charge in [0.25, 0.3) is 0 Å². The lowest BCUT2D eigenvalue weighted by Gasteiger charge is -2.02. The van der Waals surface area contributed by atoms with Crippen LogP contribution in [0.3, 0.4) is 0 Å². The molecule has 0 bridgehead atoms. The smallest absolute Gasteiger partial charge is 0.0873 e. The Labute approximate surface area is 102 Å². The molecule has 0 aromatic heterocycles. The normalized spacial score (nSPS) is 11.1. The molecule has 0 rings (SSSR count). The zero-order valence-electron chi connectivity index (χ0n) is 11.3. The van der Waals surface area contributed by atoms with Gasteiger partial charge in [0.2, 0.25) is 0 Å². The molecule has 0 aromatic rings. The average Bonchev–Trinajstić information content (AvgIpc) is 2.31. The van der Waals surface area contributed by atoms with Gasteiger partial charge in [-0.05, 0) is 13.3 Å². The summed E-state index contributed by atoms with van der Waals surface area (Å²) < 4.78 is 5.27. The molecular formula is C15H30O. The van der Waals surface area contributed by atoms with Gasteiger partial charge in [-0.1, -0.05) is 70.8 Å². The van der Waals surface area contributed by atoms with Crippen LogP contribution in [-0.4, -0.2) is 6.61 Å². The van der Waals surface area contributed by atoms with Gasteiger partial charge in [-0.15, -0.1) is 0 Å². The highest BCUT2D eigenvalue weighted by Gasteiger charge is 1.92. The summed E-state index contributed by atoms with van der Waals surface area (Å²) in [6.07, 6.45) is 17.6. The van der Waals surface area contributed by atoms with Crippen molar-refractivity contribution in [3.05, 3.63) is 12.3 Å². The fraction of sp³-hybridized carbons (Fsp3) is 0.867. The first-order chi connectivity index (χ1) is 7.91. The standard InChI is InChI=1S/C15H30O/c1-3-5-6-7-8-9-10-11-12-13-15-16-14-4-2/h4,14H,3,5-13,15H2,1-2H3/b14-4-. The van der Waals surface area contributed by atoms with Gasteiger partial charge in [0, 0.05) is 0 Å². The van der Waals surface area contributed by atoms with Gasteiger partial charge in [0.15, 0.2) is 0 Å². The van der Waals surface area contributed by atoms with Crippen LogP contribution in [0.4, 0.5) is 0 Å². The van der Waals surface area contributed by atoms with Gasteiger partial charge >= 0.3 is 0 Å². The zero-order valence-corrected chi connectivity index (χ0v) is 11.3. The van der Waals surface area contributed by atoms with Gasteiger partial charge < -0.3 is 4.74 Å². The Morgan fingerprint density at radius 2 is 1.25 bits per heavy atom. The van der Waals surface area contributed by atoms with E-state index < -0.39 is 0 Å². The Morgan fingerprint density at radius 3 is 1.75 bits per heavy atom. The predicted octanol–water partition coefficient (Wildman–Crippen LogP) is 5.46. The maximum Gasteiger partial charge on any atom is 0.0873 e. The summed E-state index contributed by atoms with van der Waals surface area (Å²) >= 11 is 0. The van der Waals surface area contributed by atoms with E-state index in [0.29, 0.717) is 0 Å². The lowest BCUT2D eigenvalue weighted by Crippen LogP contribution is -1.88. The minimum Gasteiger partial charge on any atom is -0.502 e. The van der Waals surface area contributed by atoms with E-state index in [0.717, 1.165) is 6.61 Å². The summed E-state index contributed by atoms with van der Waals surface area (Å²) in [6.45, 7) is 5.15. The number of hydrogen-bond donors (Lipinski definition) is 0. The molecule has 0 fully saturated rings. The van der Waals surface area contributed by atoms with Crippen LogP contribution in [0, 0.1) is 0 Å². The lowest BCUT2D eigenvalue weighted by molar-refractivity contribution is 0.240. The summed E-state index contributed by atoms with van der Waals surface area (Å²) in [4.78, 5) is 0. The number of allylic oxidation sites excluding steroid dienone is 1. The van der Waals surface area contributed by atoms with Crippen LogP contribution in [-0.2, 0) is 4.74 Å². The molecule has 1 heteroatoms.